The van der Waals surface area contributed by atoms with Crippen LogP contribution in [0.1, 0.15) is 12.8 Å². The largest absolute Gasteiger partial charge is 0.285 e. The molecule has 0 saturated heterocycles. The van der Waals surface area contributed by atoms with Crippen LogP contribution < -0.4 is 0 Å². The van der Waals surface area contributed by atoms with Crippen molar-refractivity contribution in [1.82, 2.24) is 0 Å². The van der Waals surface area contributed by atoms with Gasteiger partial charge in [0.1, 0.15) is 0 Å². The van der Waals surface area contributed by atoms with Crippen molar-refractivity contribution < 1.29 is 12.9 Å². The van der Waals surface area contributed by atoms with Crippen molar-refractivity contribution in [1.29, 1.82) is 0 Å². The lowest BCUT2D eigenvalue weighted by Gasteiger charge is -1.98. The summed E-state index contributed by atoms with van der Waals surface area (Å²) in [6.07, 6.45) is 1.43. The van der Waals surface area contributed by atoms with Crippen LogP contribution in [0.5, 0.6) is 0 Å². The minimum Gasteiger partial charge on any atom is -0.285 e. The molecule has 0 aromatic rings. The normalized spacial score (nSPS) is 16.6. The Bertz CT molecular complexity index is 165. The topological polar surface area (TPSA) is 46.5 Å². The average Bonchev–Trinajstić information content (AvgIpc) is 1.78. The van der Waals surface area contributed by atoms with Crippen LogP contribution in [0.2, 0.25) is 0 Å². The summed E-state index contributed by atoms with van der Waals surface area (Å²) >= 11 is 9.40. The second-order valence-electron chi connectivity index (χ2n) is 1.65. The predicted octanol–water partition coefficient (Wildman–Crippen LogP) is 1.16. The van der Waals surface area contributed by atoms with Crippen LogP contribution in [0, 0.1) is 0 Å². The van der Waals surface area contributed by atoms with Gasteiger partial charge in [0, 0.05) is 17.1 Å². The molecular weight excluding hydrogens is 196 g/mol. The van der Waals surface area contributed by atoms with Gasteiger partial charge in [0.15, 0.2) is 0 Å². The molecular formula is C4H9ClO3S2. The van der Waals surface area contributed by atoms with E-state index >= 15 is 0 Å². The van der Waals surface area contributed by atoms with Crippen molar-refractivity contribution >= 4 is 31.8 Å². The summed E-state index contributed by atoms with van der Waals surface area (Å²) in [5.74, 6) is 0.535. The quantitative estimate of drug-likeness (QED) is 0.539. The molecule has 0 saturated carbocycles. The Balaban J connectivity index is 3.21. The highest BCUT2D eigenvalue weighted by molar-refractivity contribution is 8.27. The SMILES string of the molecule is O=S(O)(=S)OCCCCCl. The molecule has 3 nitrogen and oxygen atoms in total. The first kappa shape index (κ1) is 10.6. The van der Waals surface area contributed by atoms with Crippen LogP contribution >= 0.6 is 11.6 Å². The minimum atomic E-state index is -3.41. The zero-order valence-electron chi connectivity index (χ0n) is 5.29. The van der Waals surface area contributed by atoms with Crippen molar-refractivity contribution in [2.75, 3.05) is 12.5 Å². The summed E-state index contributed by atoms with van der Waals surface area (Å²) < 4.78 is 23.0. The van der Waals surface area contributed by atoms with Gasteiger partial charge in [-0.05, 0) is 12.8 Å². The van der Waals surface area contributed by atoms with E-state index in [9.17, 15) is 4.21 Å². The Kier molecular flexibility index (Phi) is 5.56. The summed E-state index contributed by atoms with van der Waals surface area (Å²) in [7, 11) is -3.41. The lowest BCUT2D eigenvalue weighted by atomic mass is 10.4. The number of hydrogen-bond acceptors (Lipinski definition) is 3. The van der Waals surface area contributed by atoms with Gasteiger partial charge in [-0.15, -0.1) is 11.6 Å². The summed E-state index contributed by atoms with van der Waals surface area (Å²) in [5.41, 5.74) is 0. The number of rotatable bonds is 5. The van der Waals surface area contributed by atoms with E-state index in [4.69, 9.17) is 16.2 Å². The van der Waals surface area contributed by atoms with Crippen LogP contribution in [-0.2, 0) is 24.4 Å². The molecule has 0 aliphatic rings. The van der Waals surface area contributed by atoms with Crippen molar-refractivity contribution in [2.45, 2.75) is 12.8 Å². The molecule has 0 radical (unpaired) electrons. The first-order valence-electron chi connectivity index (χ1n) is 2.74. The van der Waals surface area contributed by atoms with Crippen LogP contribution in [0.4, 0.5) is 0 Å². The molecule has 62 valence electrons. The molecule has 0 spiro atoms. The monoisotopic (exact) mass is 204 g/mol. The fraction of sp³-hybridized carbons (Fsp3) is 1.00. The number of hydrogen-bond donors (Lipinski definition) is 1. The molecule has 6 heteroatoms. The lowest BCUT2D eigenvalue weighted by Crippen LogP contribution is -2.03. The summed E-state index contributed by atoms with van der Waals surface area (Å²) in [4.78, 5) is 0. The third kappa shape index (κ3) is 8.58. The van der Waals surface area contributed by atoms with E-state index in [2.05, 4.69) is 15.4 Å². The van der Waals surface area contributed by atoms with Crippen LogP contribution in [0.25, 0.3) is 0 Å². The highest BCUT2D eigenvalue weighted by Gasteiger charge is 1.97. The summed E-state index contributed by atoms with van der Waals surface area (Å²) in [6, 6.07) is 0. The number of alkyl halides is 1. The zero-order chi connectivity index (χ0) is 8.04. The third-order valence-corrected chi connectivity index (χ3v) is 1.78. The lowest BCUT2D eigenvalue weighted by molar-refractivity contribution is 0.298. The fourth-order valence-electron chi connectivity index (χ4n) is 0.361. The maximum absolute atomic E-state index is 10.3. The molecule has 0 fully saturated rings. The van der Waals surface area contributed by atoms with Gasteiger partial charge in [-0.25, -0.2) is 0 Å². The zero-order valence-corrected chi connectivity index (χ0v) is 7.68. The smallest absolute Gasteiger partial charge is 0.266 e. The Hall–Kier alpha value is 0.580. The van der Waals surface area contributed by atoms with Gasteiger partial charge >= 0.3 is 0 Å². The Morgan fingerprint density at radius 3 is 2.60 bits per heavy atom. The van der Waals surface area contributed by atoms with E-state index in [1.807, 2.05) is 0 Å². The maximum Gasteiger partial charge on any atom is 0.266 e. The highest BCUT2D eigenvalue weighted by Crippen LogP contribution is 1.95. The van der Waals surface area contributed by atoms with Crippen molar-refractivity contribution in [3.63, 3.8) is 0 Å². The minimum absolute atomic E-state index is 0.200. The van der Waals surface area contributed by atoms with Gasteiger partial charge in [0.2, 0.25) is 0 Å². The molecule has 10 heavy (non-hydrogen) atoms. The van der Waals surface area contributed by atoms with Gasteiger partial charge < -0.3 is 0 Å². The molecule has 0 aliphatic heterocycles. The van der Waals surface area contributed by atoms with Gasteiger partial charge in [0.25, 0.3) is 9.05 Å². The Morgan fingerprint density at radius 2 is 2.20 bits per heavy atom. The first-order chi connectivity index (χ1) is 4.56. The van der Waals surface area contributed by atoms with Crippen molar-refractivity contribution in [3.8, 4) is 0 Å². The van der Waals surface area contributed by atoms with Crippen LogP contribution in [-0.4, -0.2) is 21.2 Å². The van der Waals surface area contributed by atoms with E-state index in [0.717, 1.165) is 6.42 Å². The third-order valence-electron chi connectivity index (χ3n) is 0.760. The molecule has 0 rings (SSSR count). The molecule has 1 atom stereocenters. The van der Waals surface area contributed by atoms with Crippen molar-refractivity contribution in [3.05, 3.63) is 0 Å². The van der Waals surface area contributed by atoms with Crippen LogP contribution in [0.15, 0.2) is 0 Å². The Labute approximate surface area is 70.4 Å². The maximum atomic E-state index is 10.3. The molecule has 0 aromatic carbocycles. The predicted molar refractivity (Wildman–Crippen MR) is 44.0 cm³/mol. The van der Waals surface area contributed by atoms with E-state index in [0.29, 0.717) is 12.3 Å². The van der Waals surface area contributed by atoms with E-state index < -0.39 is 9.05 Å². The van der Waals surface area contributed by atoms with Gasteiger partial charge in [-0.1, -0.05) is 0 Å². The first-order valence-corrected chi connectivity index (χ1v) is 5.64. The van der Waals surface area contributed by atoms with E-state index in [1.165, 1.54) is 0 Å². The summed E-state index contributed by atoms with van der Waals surface area (Å²) in [6.45, 7) is 0.200. The summed E-state index contributed by atoms with van der Waals surface area (Å²) in [5, 5.41) is 0. The molecule has 0 bridgehead atoms. The Morgan fingerprint density at radius 1 is 1.60 bits per heavy atom. The second kappa shape index (κ2) is 5.26. The number of halogens is 1. The van der Waals surface area contributed by atoms with E-state index in [-0.39, 0.29) is 6.61 Å². The molecule has 0 amide bonds. The van der Waals surface area contributed by atoms with Crippen molar-refractivity contribution in [2.24, 2.45) is 0 Å². The average molecular weight is 205 g/mol. The second-order valence-corrected chi connectivity index (χ2v) is 4.38. The van der Waals surface area contributed by atoms with Gasteiger partial charge in [-0.3, -0.25) is 8.74 Å². The fourth-order valence-corrected chi connectivity index (χ4v) is 1.08. The van der Waals surface area contributed by atoms with Gasteiger partial charge in [-0.2, -0.15) is 4.21 Å². The standard InChI is InChI=1S/C4H9ClO3S2/c5-3-1-2-4-8-10(6,7)9/h1-4H2,(H,6,7,9). The number of unbranched alkanes of at least 4 members (excludes halogenated alkanes) is 1. The molecule has 0 heterocycles. The highest BCUT2D eigenvalue weighted by atomic mass is 35.5. The van der Waals surface area contributed by atoms with E-state index in [1.54, 1.807) is 0 Å². The molecule has 1 N–H and O–H groups in total. The molecule has 0 aromatic heterocycles. The van der Waals surface area contributed by atoms with Gasteiger partial charge in [0.05, 0.1) is 6.61 Å². The molecule has 1 unspecified atom stereocenters. The molecule has 0 aliphatic carbocycles. The van der Waals surface area contributed by atoms with Crippen LogP contribution in [0.3, 0.4) is 0 Å².